The molecule has 1 atom stereocenters. The van der Waals surface area contributed by atoms with E-state index in [4.69, 9.17) is 15.6 Å². The van der Waals surface area contributed by atoms with Crippen molar-refractivity contribution in [1.82, 2.24) is 0 Å². The Morgan fingerprint density at radius 3 is 2.88 bits per heavy atom. The topological polar surface area (TPSA) is 72.5 Å². The van der Waals surface area contributed by atoms with Gasteiger partial charge in [0.2, 0.25) is 0 Å². The van der Waals surface area contributed by atoms with Gasteiger partial charge in [0.05, 0.1) is 3.57 Å². The maximum atomic E-state index is 12.0. The van der Waals surface area contributed by atoms with Crippen LogP contribution in [-0.2, 0) is 11.2 Å². The summed E-state index contributed by atoms with van der Waals surface area (Å²) in [6, 6.07) is 4.33. The second-order valence-electron chi connectivity index (χ2n) is 3.45. The van der Waals surface area contributed by atoms with Crippen molar-refractivity contribution in [2.45, 2.75) is 12.5 Å². The molecular formula is C11H13FINO3. The first-order valence-electron chi connectivity index (χ1n) is 5.00. The largest absolute Gasteiger partial charge is 0.490 e. The Bertz CT molecular complexity index is 400. The average molecular weight is 353 g/mol. The quantitative estimate of drug-likeness (QED) is 0.762. The van der Waals surface area contributed by atoms with Crippen LogP contribution in [0.25, 0.3) is 0 Å². The molecule has 0 saturated heterocycles. The molecule has 0 heterocycles. The van der Waals surface area contributed by atoms with Crippen LogP contribution in [0, 0.1) is 3.57 Å². The molecule has 0 fully saturated rings. The number of halogens is 2. The third-order valence-electron chi connectivity index (χ3n) is 2.10. The zero-order valence-corrected chi connectivity index (χ0v) is 11.2. The van der Waals surface area contributed by atoms with Crippen molar-refractivity contribution in [3.8, 4) is 5.75 Å². The van der Waals surface area contributed by atoms with E-state index in [9.17, 15) is 9.18 Å². The van der Waals surface area contributed by atoms with Gasteiger partial charge in [-0.15, -0.1) is 0 Å². The number of carbonyl (C=O) groups is 1. The molecular weight excluding hydrogens is 340 g/mol. The van der Waals surface area contributed by atoms with Crippen molar-refractivity contribution in [2.75, 3.05) is 13.3 Å². The summed E-state index contributed by atoms with van der Waals surface area (Å²) < 4.78 is 18.1. The van der Waals surface area contributed by atoms with Crippen molar-refractivity contribution in [2.24, 2.45) is 5.73 Å². The number of ether oxygens (including phenoxy) is 1. The van der Waals surface area contributed by atoms with Gasteiger partial charge in [0.1, 0.15) is 25.1 Å². The molecule has 0 amide bonds. The van der Waals surface area contributed by atoms with Gasteiger partial charge in [-0.2, -0.15) is 0 Å². The van der Waals surface area contributed by atoms with E-state index in [2.05, 4.69) is 22.6 Å². The normalized spacial score (nSPS) is 12.2. The van der Waals surface area contributed by atoms with Crippen molar-refractivity contribution < 1.29 is 19.0 Å². The van der Waals surface area contributed by atoms with Gasteiger partial charge < -0.3 is 15.6 Å². The van der Waals surface area contributed by atoms with Gasteiger partial charge >= 0.3 is 5.97 Å². The highest BCUT2D eigenvalue weighted by atomic mass is 127. The van der Waals surface area contributed by atoms with Crippen LogP contribution in [0.5, 0.6) is 5.75 Å². The lowest BCUT2D eigenvalue weighted by Gasteiger charge is -2.10. The number of alkyl halides is 1. The minimum Gasteiger partial charge on any atom is -0.490 e. The van der Waals surface area contributed by atoms with E-state index < -0.39 is 18.7 Å². The monoisotopic (exact) mass is 353 g/mol. The second-order valence-corrected chi connectivity index (χ2v) is 4.61. The predicted octanol–water partition coefficient (Wildman–Crippen LogP) is 1.59. The molecule has 0 radical (unpaired) electrons. The molecule has 1 rings (SSSR count). The van der Waals surface area contributed by atoms with E-state index >= 15 is 0 Å². The molecule has 0 saturated carbocycles. The predicted molar refractivity (Wildman–Crippen MR) is 69.9 cm³/mol. The lowest BCUT2D eigenvalue weighted by atomic mass is 10.1. The van der Waals surface area contributed by atoms with Crippen LogP contribution in [-0.4, -0.2) is 30.4 Å². The van der Waals surface area contributed by atoms with Crippen LogP contribution in [0.1, 0.15) is 5.56 Å². The number of carboxylic acids is 1. The number of hydrogen-bond donors (Lipinski definition) is 2. The van der Waals surface area contributed by atoms with Crippen LogP contribution < -0.4 is 10.5 Å². The van der Waals surface area contributed by atoms with Gasteiger partial charge in [0, 0.05) is 0 Å². The molecule has 0 spiro atoms. The molecule has 6 heteroatoms. The summed E-state index contributed by atoms with van der Waals surface area (Å²) in [4.78, 5) is 10.6. The van der Waals surface area contributed by atoms with Gasteiger partial charge in [0.25, 0.3) is 0 Å². The zero-order chi connectivity index (χ0) is 12.8. The summed E-state index contributed by atoms with van der Waals surface area (Å²) in [5.41, 5.74) is 6.19. The number of nitrogens with two attached hydrogens (primary N) is 1. The van der Waals surface area contributed by atoms with Crippen LogP contribution in [0.4, 0.5) is 4.39 Å². The molecule has 0 bridgehead atoms. The molecule has 4 nitrogen and oxygen atoms in total. The van der Waals surface area contributed by atoms with Crippen LogP contribution in [0.2, 0.25) is 0 Å². The highest BCUT2D eigenvalue weighted by Gasteiger charge is 2.13. The van der Waals surface area contributed by atoms with Crippen LogP contribution in [0.15, 0.2) is 18.2 Å². The summed E-state index contributed by atoms with van der Waals surface area (Å²) in [6.07, 6.45) is 0.220. The highest BCUT2D eigenvalue weighted by Crippen LogP contribution is 2.23. The standard InChI is InChI=1S/C11H13FINO3/c12-3-4-17-10-6-7(1-2-8(10)13)5-9(14)11(15)16/h1-2,6,9H,3-5,14H2,(H,15,16). The van der Waals surface area contributed by atoms with Crippen molar-refractivity contribution in [1.29, 1.82) is 0 Å². The van der Waals surface area contributed by atoms with E-state index in [0.717, 1.165) is 9.13 Å². The number of benzene rings is 1. The Hall–Kier alpha value is -0.890. The summed E-state index contributed by atoms with van der Waals surface area (Å²) >= 11 is 2.07. The SMILES string of the molecule is NC(Cc1ccc(I)c(OCCF)c1)C(=O)O. The third-order valence-corrected chi connectivity index (χ3v) is 2.99. The minimum atomic E-state index is -1.05. The van der Waals surface area contributed by atoms with Gasteiger partial charge in [0.15, 0.2) is 0 Å². The number of hydrogen-bond acceptors (Lipinski definition) is 3. The summed E-state index contributed by atoms with van der Waals surface area (Å²) in [7, 11) is 0. The van der Waals surface area contributed by atoms with Crippen LogP contribution in [0.3, 0.4) is 0 Å². The fraction of sp³-hybridized carbons (Fsp3) is 0.364. The van der Waals surface area contributed by atoms with E-state index in [0.29, 0.717) is 5.75 Å². The molecule has 3 N–H and O–H groups in total. The van der Waals surface area contributed by atoms with Gasteiger partial charge in [-0.05, 0) is 46.7 Å². The van der Waals surface area contributed by atoms with Crippen molar-refractivity contribution >= 4 is 28.6 Å². The Morgan fingerprint density at radius 2 is 2.29 bits per heavy atom. The molecule has 0 aliphatic carbocycles. The van der Waals surface area contributed by atoms with E-state index in [1.807, 2.05) is 0 Å². The van der Waals surface area contributed by atoms with E-state index in [1.165, 1.54) is 0 Å². The molecule has 0 aliphatic heterocycles. The second kappa shape index (κ2) is 6.75. The molecule has 0 aromatic heterocycles. The number of aliphatic carboxylic acids is 1. The first kappa shape index (κ1) is 14.2. The molecule has 1 aromatic rings. The first-order valence-corrected chi connectivity index (χ1v) is 6.08. The third kappa shape index (κ3) is 4.47. The van der Waals surface area contributed by atoms with Crippen molar-refractivity contribution in [3.63, 3.8) is 0 Å². The van der Waals surface area contributed by atoms with Crippen LogP contribution >= 0.6 is 22.6 Å². The smallest absolute Gasteiger partial charge is 0.320 e. The minimum absolute atomic E-state index is 0.00949. The van der Waals surface area contributed by atoms with Crippen molar-refractivity contribution in [3.05, 3.63) is 27.3 Å². The van der Waals surface area contributed by atoms with Gasteiger partial charge in [-0.3, -0.25) is 4.79 Å². The first-order chi connectivity index (χ1) is 8.04. The number of rotatable bonds is 6. The Labute approximate surface area is 112 Å². The fourth-order valence-corrected chi connectivity index (χ4v) is 1.77. The Balaban J connectivity index is 2.77. The van der Waals surface area contributed by atoms with Gasteiger partial charge in [-0.25, -0.2) is 4.39 Å². The van der Waals surface area contributed by atoms with E-state index in [1.54, 1.807) is 18.2 Å². The molecule has 1 aromatic carbocycles. The van der Waals surface area contributed by atoms with Gasteiger partial charge in [-0.1, -0.05) is 6.07 Å². The summed E-state index contributed by atoms with van der Waals surface area (Å²) in [5, 5.41) is 8.70. The zero-order valence-electron chi connectivity index (χ0n) is 9.03. The lowest BCUT2D eigenvalue weighted by Crippen LogP contribution is -2.32. The Morgan fingerprint density at radius 1 is 1.59 bits per heavy atom. The average Bonchev–Trinajstić information content (AvgIpc) is 2.29. The Kier molecular flexibility index (Phi) is 5.63. The lowest BCUT2D eigenvalue weighted by molar-refractivity contribution is -0.138. The summed E-state index contributed by atoms with van der Waals surface area (Å²) in [6.45, 7) is -0.570. The fourth-order valence-electron chi connectivity index (χ4n) is 1.28. The molecule has 0 aliphatic rings. The number of carboxylic acid groups (broad SMARTS) is 1. The highest BCUT2D eigenvalue weighted by molar-refractivity contribution is 14.1. The summed E-state index contributed by atoms with van der Waals surface area (Å²) in [5.74, 6) is -0.492. The molecule has 94 valence electrons. The van der Waals surface area contributed by atoms with E-state index in [-0.39, 0.29) is 13.0 Å². The maximum Gasteiger partial charge on any atom is 0.320 e. The maximum absolute atomic E-state index is 12.0. The molecule has 1 unspecified atom stereocenters. The molecule has 17 heavy (non-hydrogen) atoms.